The van der Waals surface area contributed by atoms with Gasteiger partial charge in [0.25, 0.3) is 0 Å². The lowest BCUT2D eigenvalue weighted by molar-refractivity contribution is 0.522. The van der Waals surface area contributed by atoms with Crippen LogP contribution in [0.3, 0.4) is 0 Å². The van der Waals surface area contributed by atoms with Crippen LogP contribution in [0.15, 0.2) is 24.5 Å². The quantitative estimate of drug-likeness (QED) is 0.195. The number of nitrogens with zero attached hydrogens (tertiary/aromatic N) is 1. The summed E-state index contributed by atoms with van der Waals surface area (Å²) in [7, 11) is 0. The topological polar surface area (TPSA) is 24.9 Å². The van der Waals surface area contributed by atoms with Gasteiger partial charge in [0.05, 0.1) is 0 Å². The van der Waals surface area contributed by atoms with Crippen LogP contribution in [0.1, 0.15) is 135 Å². The van der Waals surface area contributed by atoms with Crippen LogP contribution in [0.5, 0.6) is 0 Å². The fraction of sp³-hybridized carbons (Fsp3) is 0.815. The van der Waals surface area contributed by atoms with Gasteiger partial charge in [0.2, 0.25) is 0 Å². The molecule has 0 bridgehead atoms. The number of hydrogen-bond donors (Lipinski definition) is 1. The van der Waals surface area contributed by atoms with Gasteiger partial charge in [-0.25, -0.2) is 0 Å². The molecule has 0 aliphatic heterocycles. The third-order valence-corrected chi connectivity index (χ3v) is 6.04. The van der Waals surface area contributed by atoms with Crippen molar-refractivity contribution >= 4 is 5.69 Å². The maximum atomic E-state index is 4.04. The molecule has 0 atom stereocenters. The van der Waals surface area contributed by atoms with Crippen molar-refractivity contribution in [1.29, 1.82) is 0 Å². The van der Waals surface area contributed by atoms with E-state index in [2.05, 4.69) is 17.2 Å². The molecule has 0 saturated heterocycles. The Morgan fingerprint density at radius 1 is 0.517 bits per heavy atom. The summed E-state index contributed by atoms with van der Waals surface area (Å²) in [6, 6.07) is 4.08. The minimum atomic E-state index is 1.09. The van der Waals surface area contributed by atoms with Crippen LogP contribution in [0.25, 0.3) is 0 Å². The van der Waals surface area contributed by atoms with Crippen LogP contribution in [0.2, 0.25) is 0 Å². The van der Waals surface area contributed by atoms with Crippen molar-refractivity contribution in [2.75, 3.05) is 11.9 Å². The number of rotatable bonds is 22. The van der Waals surface area contributed by atoms with Crippen molar-refractivity contribution in [3.8, 4) is 0 Å². The average Bonchev–Trinajstić information content (AvgIpc) is 2.75. The number of unbranched alkanes of at least 4 members (excludes halogenated alkanes) is 19. The van der Waals surface area contributed by atoms with Crippen LogP contribution in [-0.2, 0) is 0 Å². The summed E-state index contributed by atoms with van der Waals surface area (Å²) in [5.74, 6) is 0. The Morgan fingerprint density at radius 2 is 0.862 bits per heavy atom. The van der Waals surface area contributed by atoms with Gasteiger partial charge in [-0.05, 0) is 18.6 Å². The summed E-state index contributed by atoms with van der Waals surface area (Å²) < 4.78 is 0. The average molecular weight is 403 g/mol. The smallest absolute Gasteiger partial charge is 0.0371 e. The van der Waals surface area contributed by atoms with Gasteiger partial charge in [0.15, 0.2) is 0 Å². The Hall–Kier alpha value is -1.05. The molecule has 2 heteroatoms. The SMILES string of the molecule is CCCCCCCCCCCCCCCCCCCCCCNc1ccncc1. The molecule has 0 fully saturated rings. The molecular formula is C27H50N2. The fourth-order valence-electron chi connectivity index (χ4n) is 4.08. The van der Waals surface area contributed by atoms with E-state index in [1.165, 1.54) is 134 Å². The molecule has 168 valence electrons. The van der Waals surface area contributed by atoms with E-state index < -0.39 is 0 Å². The van der Waals surface area contributed by atoms with Gasteiger partial charge in [-0.3, -0.25) is 4.98 Å². The molecule has 1 aromatic rings. The normalized spacial score (nSPS) is 11.1. The lowest BCUT2D eigenvalue weighted by Gasteiger charge is -2.06. The molecule has 0 radical (unpaired) electrons. The predicted molar refractivity (Wildman–Crippen MR) is 131 cm³/mol. The summed E-state index contributed by atoms with van der Waals surface area (Å²) in [6.07, 6.45) is 32.5. The zero-order chi connectivity index (χ0) is 20.7. The molecule has 2 nitrogen and oxygen atoms in total. The Labute approximate surface area is 182 Å². The number of pyridine rings is 1. The zero-order valence-electron chi connectivity index (χ0n) is 19.6. The predicted octanol–water partition coefficient (Wildman–Crippen LogP) is 9.32. The van der Waals surface area contributed by atoms with E-state index in [0.29, 0.717) is 0 Å². The van der Waals surface area contributed by atoms with Crippen molar-refractivity contribution in [2.45, 2.75) is 135 Å². The first-order chi connectivity index (χ1) is 14.4. The summed E-state index contributed by atoms with van der Waals surface area (Å²) in [6.45, 7) is 3.38. The third kappa shape index (κ3) is 18.7. The second-order valence-electron chi connectivity index (χ2n) is 8.88. The van der Waals surface area contributed by atoms with E-state index in [4.69, 9.17) is 0 Å². The second kappa shape index (κ2) is 21.7. The van der Waals surface area contributed by atoms with E-state index in [1.54, 1.807) is 0 Å². The maximum absolute atomic E-state index is 4.04. The Balaban J connectivity index is 1.66. The molecule has 29 heavy (non-hydrogen) atoms. The molecule has 0 aromatic carbocycles. The number of anilines is 1. The van der Waals surface area contributed by atoms with Gasteiger partial charge in [-0.1, -0.05) is 129 Å². The summed E-state index contributed by atoms with van der Waals surface area (Å²) in [4.78, 5) is 4.04. The number of hydrogen-bond acceptors (Lipinski definition) is 2. The van der Waals surface area contributed by atoms with E-state index in [0.717, 1.165) is 6.54 Å². The first-order valence-electron chi connectivity index (χ1n) is 13.1. The molecule has 0 saturated carbocycles. The molecule has 1 rings (SSSR count). The van der Waals surface area contributed by atoms with Crippen molar-refractivity contribution in [3.05, 3.63) is 24.5 Å². The highest BCUT2D eigenvalue weighted by atomic mass is 14.9. The van der Waals surface area contributed by atoms with Crippen LogP contribution in [-0.4, -0.2) is 11.5 Å². The second-order valence-corrected chi connectivity index (χ2v) is 8.88. The third-order valence-electron chi connectivity index (χ3n) is 6.04. The van der Waals surface area contributed by atoms with Crippen molar-refractivity contribution < 1.29 is 0 Å². The highest BCUT2D eigenvalue weighted by Gasteiger charge is 1.96. The molecule has 1 N–H and O–H groups in total. The van der Waals surface area contributed by atoms with Crippen LogP contribution in [0.4, 0.5) is 5.69 Å². The lowest BCUT2D eigenvalue weighted by atomic mass is 10.0. The highest BCUT2D eigenvalue weighted by molar-refractivity contribution is 5.40. The monoisotopic (exact) mass is 402 g/mol. The van der Waals surface area contributed by atoms with E-state index >= 15 is 0 Å². The van der Waals surface area contributed by atoms with Crippen LogP contribution < -0.4 is 5.32 Å². The molecular weight excluding hydrogens is 352 g/mol. The van der Waals surface area contributed by atoms with Gasteiger partial charge < -0.3 is 5.32 Å². The molecule has 0 amide bonds. The first-order valence-corrected chi connectivity index (χ1v) is 13.1. The Bertz CT molecular complexity index is 418. The highest BCUT2D eigenvalue weighted by Crippen LogP contribution is 2.15. The Kier molecular flexibility index (Phi) is 19.4. The van der Waals surface area contributed by atoms with E-state index in [1.807, 2.05) is 24.5 Å². The molecule has 0 unspecified atom stereocenters. The lowest BCUT2D eigenvalue weighted by Crippen LogP contribution is -2.01. The van der Waals surface area contributed by atoms with Gasteiger partial charge in [0.1, 0.15) is 0 Å². The molecule has 0 spiro atoms. The minimum absolute atomic E-state index is 1.09. The summed E-state index contributed by atoms with van der Waals surface area (Å²) in [5.41, 5.74) is 1.19. The van der Waals surface area contributed by atoms with Crippen molar-refractivity contribution in [1.82, 2.24) is 4.98 Å². The maximum Gasteiger partial charge on any atom is 0.0371 e. The largest absolute Gasteiger partial charge is 0.385 e. The zero-order valence-corrected chi connectivity index (χ0v) is 19.6. The van der Waals surface area contributed by atoms with Crippen LogP contribution in [0, 0.1) is 0 Å². The number of nitrogens with one attached hydrogen (secondary N) is 1. The van der Waals surface area contributed by atoms with Crippen molar-refractivity contribution in [2.24, 2.45) is 0 Å². The van der Waals surface area contributed by atoms with Gasteiger partial charge in [0, 0.05) is 24.6 Å². The molecule has 1 heterocycles. The standard InChI is InChI=1S/C27H50N2/c1-2-3-4-5-6-7-8-9-10-11-12-13-14-15-16-17-18-19-20-21-24-29-27-22-25-28-26-23-27/h22-23,25-26H,2-21,24H2,1H3,(H,28,29). The molecule has 0 aliphatic rings. The van der Waals surface area contributed by atoms with Crippen molar-refractivity contribution in [3.63, 3.8) is 0 Å². The Morgan fingerprint density at radius 3 is 1.24 bits per heavy atom. The molecule has 0 aliphatic carbocycles. The minimum Gasteiger partial charge on any atom is -0.385 e. The number of aromatic nitrogens is 1. The van der Waals surface area contributed by atoms with Gasteiger partial charge >= 0.3 is 0 Å². The van der Waals surface area contributed by atoms with Gasteiger partial charge in [-0.15, -0.1) is 0 Å². The van der Waals surface area contributed by atoms with E-state index in [-0.39, 0.29) is 0 Å². The molecule has 1 aromatic heterocycles. The summed E-state index contributed by atoms with van der Waals surface area (Å²) in [5, 5.41) is 3.46. The fourth-order valence-corrected chi connectivity index (χ4v) is 4.08. The summed E-state index contributed by atoms with van der Waals surface area (Å²) >= 11 is 0. The first kappa shape index (κ1) is 26.0. The van der Waals surface area contributed by atoms with E-state index in [9.17, 15) is 0 Å². The van der Waals surface area contributed by atoms with Gasteiger partial charge in [-0.2, -0.15) is 0 Å². The van der Waals surface area contributed by atoms with Crippen LogP contribution >= 0.6 is 0 Å².